The Morgan fingerprint density at radius 1 is 0.900 bits per heavy atom. The van der Waals surface area contributed by atoms with Gasteiger partial charge in [-0.3, -0.25) is 0 Å². The molecule has 0 spiro atoms. The molecule has 3 fully saturated rings. The van der Waals surface area contributed by atoms with Crippen molar-refractivity contribution in [3.63, 3.8) is 0 Å². The van der Waals surface area contributed by atoms with E-state index in [4.69, 9.17) is 0 Å². The number of rotatable bonds is 4. The van der Waals surface area contributed by atoms with Crippen LogP contribution in [0.25, 0.3) is 0 Å². The molecule has 3 nitrogen and oxygen atoms in total. The average molecular weight is 280 g/mol. The van der Waals surface area contributed by atoms with Gasteiger partial charge in [0, 0.05) is 12.1 Å². The predicted octanol–water partition coefficient (Wildman–Crippen LogP) is 2.44. The Kier molecular flexibility index (Phi) is 5.36. The molecule has 116 valence electrons. The van der Waals surface area contributed by atoms with Gasteiger partial charge in [-0.2, -0.15) is 0 Å². The van der Waals surface area contributed by atoms with E-state index in [1.165, 1.54) is 64.5 Å². The maximum absolute atomic E-state index is 9.59. The van der Waals surface area contributed by atoms with Gasteiger partial charge in [-0.25, -0.2) is 0 Å². The lowest BCUT2D eigenvalue weighted by molar-refractivity contribution is 0.106. The van der Waals surface area contributed by atoms with Crippen LogP contribution in [0.3, 0.4) is 0 Å². The maximum Gasteiger partial charge on any atom is 0.0540 e. The Hall–Kier alpha value is -0.120. The molecular formula is C17H32N2O. The molecule has 0 radical (unpaired) electrons. The highest BCUT2D eigenvalue weighted by Crippen LogP contribution is 2.32. The van der Waals surface area contributed by atoms with Gasteiger partial charge >= 0.3 is 0 Å². The second kappa shape index (κ2) is 7.24. The summed E-state index contributed by atoms with van der Waals surface area (Å²) in [5.41, 5.74) is 0. The molecule has 3 rings (SSSR count). The Balaban J connectivity index is 1.44. The Morgan fingerprint density at radius 2 is 1.75 bits per heavy atom. The third-order valence-electron chi connectivity index (χ3n) is 5.92. The highest BCUT2D eigenvalue weighted by Gasteiger charge is 2.34. The Labute approximate surface area is 123 Å². The third kappa shape index (κ3) is 3.75. The van der Waals surface area contributed by atoms with Crippen LogP contribution in [0.5, 0.6) is 0 Å². The van der Waals surface area contributed by atoms with Crippen molar-refractivity contribution in [3.05, 3.63) is 0 Å². The molecule has 20 heavy (non-hydrogen) atoms. The molecule has 1 heterocycles. The lowest BCUT2D eigenvalue weighted by Crippen LogP contribution is -2.47. The molecular weight excluding hydrogens is 248 g/mol. The minimum absolute atomic E-state index is 0.0167. The Bertz CT molecular complexity index is 283. The highest BCUT2D eigenvalue weighted by molar-refractivity contribution is 4.92. The Morgan fingerprint density at radius 3 is 2.50 bits per heavy atom. The topological polar surface area (TPSA) is 44.3 Å². The monoisotopic (exact) mass is 280 g/mol. The number of piperidine rings is 1. The molecule has 0 aromatic carbocycles. The van der Waals surface area contributed by atoms with E-state index in [1.807, 2.05) is 0 Å². The number of hydrogen-bond acceptors (Lipinski definition) is 3. The van der Waals surface area contributed by atoms with Crippen molar-refractivity contribution in [2.75, 3.05) is 13.1 Å². The molecule has 3 N–H and O–H groups in total. The zero-order valence-corrected chi connectivity index (χ0v) is 12.8. The molecule has 3 aliphatic rings. The SMILES string of the molecule is OC1CCC(CNC2CCCC2C2CCCCN2)CC1. The smallest absolute Gasteiger partial charge is 0.0540 e. The zero-order chi connectivity index (χ0) is 13.8. The second-order valence-electron chi connectivity index (χ2n) is 7.34. The van der Waals surface area contributed by atoms with E-state index in [0.717, 1.165) is 36.8 Å². The molecule has 0 amide bonds. The largest absolute Gasteiger partial charge is 0.393 e. The van der Waals surface area contributed by atoms with Gasteiger partial charge in [-0.05, 0) is 76.3 Å². The van der Waals surface area contributed by atoms with Crippen LogP contribution in [0, 0.1) is 11.8 Å². The molecule has 1 aliphatic heterocycles. The molecule has 3 heteroatoms. The molecule has 1 saturated heterocycles. The summed E-state index contributed by atoms with van der Waals surface area (Å²) < 4.78 is 0. The first-order chi connectivity index (χ1) is 9.83. The average Bonchev–Trinajstić information content (AvgIpc) is 2.96. The van der Waals surface area contributed by atoms with Crippen molar-refractivity contribution < 1.29 is 5.11 Å². The van der Waals surface area contributed by atoms with Crippen LogP contribution in [-0.2, 0) is 0 Å². The van der Waals surface area contributed by atoms with Crippen LogP contribution >= 0.6 is 0 Å². The summed E-state index contributed by atoms with van der Waals surface area (Å²) in [4.78, 5) is 0. The first kappa shape index (κ1) is 14.8. The van der Waals surface area contributed by atoms with E-state index in [1.54, 1.807) is 0 Å². The summed E-state index contributed by atoms with van der Waals surface area (Å²) in [6.45, 7) is 2.41. The van der Waals surface area contributed by atoms with Crippen LogP contribution in [0.2, 0.25) is 0 Å². The van der Waals surface area contributed by atoms with Crippen LogP contribution < -0.4 is 10.6 Å². The van der Waals surface area contributed by atoms with Crippen molar-refractivity contribution >= 4 is 0 Å². The zero-order valence-electron chi connectivity index (χ0n) is 12.8. The molecule has 0 aromatic heterocycles. The van der Waals surface area contributed by atoms with Crippen molar-refractivity contribution in [1.29, 1.82) is 0 Å². The van der Waals surface area contributed by atoms with E-state index in [-0.39, 0.29) is 6.10 Å². The summed E-state index contributed by atoms with van der Waals surface area (Å²) in [7, 11) is 0. The summed E-state index contributed by atoms with van der Waals surface area (Å²) >= 11 is 0. The van der Waals surface area contributed by atoms with Gasteiger partial charge in [0.25, 0.3) is 0 Å². The molecule has 0 bridgehead atoms. The van der Waals surface area contributed by atoms with Crippen LogP contribution in [-0.4, -0.2) is 36.4 Å². The maximum atomic E-state index is 9.59. The lowest BCUT2D eigenvalue weighted by Gasteiger charge is -2.34. The van der Waals surface area contributed by atoms with E-state index in [9.17, 15) is 5.11 Å². The van der Waals surface area contributed by atoms with Gasteiger partial charge < -0.3 is 15.7 Å². The normalized spacial score (nSPS) is 42.8. The fraction of sp³-hybridized carbons (Fsp3) is 1.00. The van der Waals surface area contributed by atoms with Gasteiger partial charge in [0.2, 0.25) is 0 Å². The quantitative estimate of drug-likeness (QED) is 0.741. The standard InChI is InChI=1S/C17H32N2O/c20-14-9-7-13(8-10-14)12-19-17-6-3-4-15(17)16-5-1-2-11-18-16/h13-20H,1-12H2. The van der Waals surface area contributed by atoms with Crippen LogP contribution in [0.15, 0.2) is 0 Å². The summed E-state index contributed by atoms with van der Waals surface area (Å²) in [6, 6.07) is 1.52. The number of aliphatic hydroxyl groups excluding tert-OH is 1. The lowest BCUT2D eigenvalue weighted by atomic mass is 9.86. The number of aliphatic hydroxyl groups is 1. The van der Waals surface area contributed by atoms with E-state index >= 15 is 0 Å². The van der Waals surface area contributed by atoms with Gasteiger partial charge in [0.1, 0.15) is 0 Å². The molecule has 3 atom stereocenters. The number of nitrogens with one attached hydrogen (secondary N) is 2. The van der Waals surface area contributed by atoms with Crippen molar-refractivity contribution in [2.24, 2.45) is 11.8 Å². The van der Waals surface area contributed by atoms with Crippen LogP contribution in [0.1, 0.15) is 64.2 Å². The minimum Gasteiger partial charge on any atom is -0.393 e. The fourth-order valence-electron chi connectivity index (χ4n) is 4.64. The van der Waals surface area contributed by atoms with Crippen LogP contribution in [0.4, 0.5) is 0 Å². The predicted molar refractivity (Wildman–Crippen MR) is 82.7 cm³/mol. The molecule has 3 unspecified atom stereocenters. The van der Waals surface area contributed by atoms with E-state index in [2.05, 4.69) is 10.6 Å². The second-order valence-corrected chi connectivity index (χ2v) is 7.34. The first-order valence-electron chi connectivity index (χ1n) is 8.98. The fourth-order valence-corrected chi connectivity index (χ4v) is 4.64. The van der Waals surface area contributed by atoms with E-state index in [0.29, 0.717) is 0 Å². The van der Waals surface area contributed by atoms with Gasteiger partial charge in [-0.15, -0.1) is 0 Å². The third-order valence-corrected chi connectivity index (χ3v) is 5.92. The van der Waals surface area contributed by atoms with Crippen molar-refractivity contribution in [3.8, 4) is 0 Å². The molecule has 0 aromatic rings. The first-order valence-corrected chi connectivity index (χ1v) is 8.98. The van der Waals surface area contributed by atoms with Gasteiger partial charge in [0.05, 0.1) is 6.10 Å². The van der Waals surface area contributed by atoms with Crippen molar-refractivity contribution in [1.82, 2.24) is 10.6 Å². The summed E-state index contributed by atoms with van der Waals surface area (Å²) in [6.07, 6.45) is 12.8. The van der Waals surface area contributed by atoms with Gasteiger partial charge in [0.15, 0.2) is 0 Å². The van der Waals surface area contributed by atoms with E-state index < -0.39 is 0 Å². The molecule has 2 aliphatic carbocycles. The van der Waals surface area contributed by atoms with Crippen molar-refractivity contribution in [2.45, 2.75) is 82.4 Å². The minimum atomic E-state index is -0.0167. The molecule has 2 saturated carbocycles. The van der Waals surface area contributed by atoms with Gasteiger partial charge in [-0.1, -0.05) is 12.8 Å². The highest BCUT2D eigenvalue weighted by atomic mass is 16.3. The summed E-state index contributed by atoms with van der Waals surface area (Å²) in [5.74, 6) is 1.67. The summed E-state index contributed by atoms with van der Waals surface area (Å²) in [5, 5.41) is 17.2. The number of hydrogen-bond donors (Lipinski definition) is 3.